The molecule has 2 rings (SSSR count). The van der Waals surface area contributed by atoms with E-state index in [4.69, 9.17) is 17.3 Å². The lowest BCUT2D eigenvalue weighted by molar-refractivity contribution is -0.131. The number of carbonyl (C=O) groups is 1. The minimum atomic E-state index is 0.195. The highest BCUT2D eigenvalue weighted by atomic mass is 35.5. The second-order valence-electron chi connectivity index (χ2n) is 5.36. The molecule has 110 valence electrons. The first-order valence-electron chi connectivity index (χ1n) is 6.92. The van der Waals surface area contributed by atoms with E-state index in [1.165, 1.54) is 11.5 Å². The van der Waals surface area contributed by atoms with Crippen molar-refractivity contribution in [1.29, 1.82) is 0 Å². The van der Waals surface area contributed by atoms with Crippen LogP contribution in [0.3, 0.4) is 0 Å². The van der Waals surface area contributed by atoms with Gasteiger partial charge >= 0.3 is 0 Å². The summed E-state index contributed by atoms with van der Waals surface area (Å²) >= 11 is 8.12. The molecule has 1 aliphatic heterocycles. The fourth-order valence-electron chi connectivity index (χ4n) is 2.41. The lowest BCUT2D eigenvalue weighted by Gasteiger charge is -2.24. The van der Waals surface area contributed by atoms with Gasteiger partial charge in [0.25, 0.3) is 0 Å². The van der Waals surface area contributed by atoms with E-state index in [0.717, 1.165) is 18.4 Å². The van der Waals surface area contributed by atoms with Gasteiger partial charge in [0.15, 0.2) is 0 Å². The molecule has 1 saturated heterocycles. The zero-order valence-electron chi connectivity index (χ0n) is 11.8. The van der Waals surface area contributed by atoms with Crippen LogP contribution in [-0.4, -0.2) is 29.4 Å². The Hall–Kier alpha value is -0.870. The molecular weight excluding hydrogens is 292 g/mol. The average molecular weight is 313 g/mol. The van der Waals surface area contributed by atoms with E-state index < -0.39 is 0 Å². The monoisotopic (exact) mass is 312 g/mol. The summed E-state index contributed by atoms with van der Waals surface area (Å²) in [5, 5.41) is 0.660. The van der Waals surface area contributed by atoms with Gasteiger partial charge in [-0.05, 0) is 54.0 Å². The molecule has 0 atom stereocenters. The SMILES string of the molecule is CN(Cc1cc(N)ccc1Cl)C(=O)CC1CCSCC1. The van der Waals surface area contributed by atoms with E-state index in [-0.39, 0.29) is 5.91 Å². The molecule has 0 radical (unpaired) electrons. The van der Waals surface area contributed by atoms with Gasteiger partial charge in [0.05, 0.1) is 0 Å². The van der Waals surface area contributed by atoms with Crippen LogP contribution in [-0.2, 0) is 11.3 Å². The van der Waals surface area contributed by atoms with Gasteiger partial charge in [0.1, 0.15) is 0 Å². The Bertz CT molecular complexity index is 475. The van der Waals surface area contributed by atoms with Crippen molar-refractivity contribution < 1.29 is 4.79 Å². The molecule has 0 aromatic heterocycles. The molecule has 3 nitrogen and oxygen atoms in total. The van der Waals surface area contributed by atoms with Gasteiger partial charge in [0, 0.05) is 30.7 Å². The van der Waals surface area contributed by atoms with Gasteiger partial charge in [-0.25, -0.2) is 0 Å². The summed E-state index contributed by atoms with van der Waals surface area (Å²) in [4.78, 5) is 14.0. The molecule has 1 fully saturated rings. The van der Waals surface area contributed by atoms with E-state index in [0.29, 0.717) is 29.6 Å². The number of nitrogens with zero attached hydrogens (tertiary/aromatic N) is 1. The maximum Gasteiger partial charge on any atom is 0.222 e. The van der Waals surface area contributed by atoms with Crippen LogP contribution in [0.1, 0.15) is 24.8 Å². The number of halogens is 1. The Labute approximate surface area is 129 Å². The van der Waals surface area contributed by atoms with Crippen LogP contribution in [0, 0.1) is 5.92 Å². The van der Waals surface area contributed by atoms with Gasteiger partial charge in [-0.2, -0.15) is 11.8 Å². The average Bonchev–Trinajstić information content (AvgIpc) is 2.44. The Balaban J connectivity index is 1.91. The number of amides is 1. The van der Waals surface area contributed by atoms with Crippen molar-refractivity contribution in [3.8, 4) is 0 Å². The maximum atomic E-state index is 12.3. The Morgan fingerprint density at radius 2 is 2.15 bits per heavy atom. The highest BCUT2D eigenvalue weighted by Gasteiger charge is 2.20. The minimum absolute atomic E-state index is 0.195. The molecule has 20 heavy (non-hydrogen) atoms. The number of nitrogens with two attached hydrogens (primary N) is 1. The number of rotatable bonds is 4. The molecule has 0 bridgehead atoms. The minimum Gasteiger partial charge on any atom is -0.399 e. The van der Waals surface area contributed by atoms with Crippen LogP contribution in [0.4, 0.5) is 5.69 Å². The van der Waals surface area contributed by atoms with Crippen LogP contribution in [0.15, 0.2) is 18.2 Å². The zero-order chi connectivity index (χ0) is 14.5. The van der Waals surface area contributed by atoms with Gasteiger partial charge in [-0.1, -0.05) is 11.6 Å². The Morgan fingerprint density at radius 3 is 2.85 bits per heavy atom. The molecule has 0 unspecified atom stereocenters. The van der Waals surface area contributed by atoms with Crippen molar-refractivity contribution in [1.82, 2.24) is 4.90 Å². The van der Waals surface area contributed by atoms with Crippen LogP contribution < -0.4 is 5.73 Å². The predicted octanol–water partition coefficient (Wildman–Crippen LogP) is 3.41. The number of carbonyl (C=O) groups excluding carboxylic acids is 1. The molecule has 1 aliphatic rings. The van der Waals surface area contributed by atoms with Crippen LogP contribution >= 0.6 is 23.4 Å². The molecular formula is C15H21ClN2OS. The summed E-state index contributed by atoms with van der Waals surface area (Å²) in [5.41, 5.74) is 7.34. The molecule has 5 heteroatoms. The van der Waals surface area contributed by atoms with Crippen molar-refractivity contribution in [3.05, 3.63) is 28.8 Å². The third-order valence-electron chi connectivity index (χ3n) is 3.71. The van der Waals surface area contributed by atoms with Gasteiger partial charge in [0.2, 0.25) is 5.91 Å². The lowest BCUT2D eigenvalue weighted by Crippen LogP contribution is -2.29. The number of anilines is 1. The summed E-state index contributed by atoms with van der Waals surface area (Å²) in [6.07, 6.45) is 2.96. The highest BCUT2D eigenvalue weighted by Crippen LogP contribution is 2.26. The molecule has 1 aromatic carbocycles. The van der Waals surface area contributed by atoms with E-state index >= 15 is 0 Å². The second kappa shape index (κ2) is 7.23. The van der Waals surface area contributed by atoms with Gasteiger partial charge in [-0.3, -0.25) is 4.79 Å². The molecule has 1 heterocycles. The molecule has 1 amide bonds. The van der Waals surface area contributed by atoms with E-state index in [9.17, 15) is 4.79 Å². The molecule has 2 N–H and O–H groups in total. The smallest absolute Gasteiger partial charge is 0.222 e. The molecule has 0 saturated carbocycles. The van der Waals surface area contributed by atoms with Crippen LogP contribution in [0.25, 0.3) is 0 Å². The summed E-state index contributed by atoms with van der Waals surface area (Å²) in [6.45, 7) is 0.518. The van der Waals surface area contributed by atoms with Crippen LogP contribution in [0.2, 0.25) is 5.02 Å². The molecule has 0 spiro atoms. The normalized spacial score (nSPS) is 16.1. The second-order valence-corrected chi connectivity index (χ2v) is 6.99. The fraction of sp³-hybridized carbons (Fsp3) is 0.533. The van der Waals surface area contributed by atoms with Crippen molar-refractivity contribution in [2.45, 2.75) is 25.8 Å². The summed E-state index contributed by atoms with van der Waals surface area (Å²) in [5.74, 6) is 3.11. The van der Waals surface area contributed by atoms with Crippen molar-refractivity contribution in [2.75, 3.05) is 24.3 Å². The topological polar surface area (TPSA) is 46.3 Å². The Morgan fingerprint density at radius 1 is 1.45 bits per heavy atom. The third kappa shape index (κ3) is 4.32. The largest absolute Gasteiger partial charge is 0.399 e. The maximum absolute atomic E-state index is 12.3. The number of hydrogen-bond acceptors (Lipinski definition) is 3. The third-order valence-corrected chi connectivity index (χ3v) is 5.12. The van der Waals surface area contributed by atoms with E-state index in [1.54, 1.807) is 17.0 Å². The number of nitrogen functional groups attached to an aromatic ring is 1. The summed E-state index contributed by atoms with van der Waals surface area (Å²) in [7, 11) is 1.83. The lowest BCUT2D eigenvalue weighted by atomic mass is 9.98. The van der Waals surface area contributed by atoms with Gasteiger partial charge in [-0.15, -0.1) is 0 Å². The fourth-order valence-corrected chi connectivity index (χ4v) is 3.79. The van der Waals surface area contributed by atoms with Crippen molar-refractivity contribution in [3.63, 3.8) is 0 Å². The number of hydrogen-bond donors (Lipinski definition) is 1. The van der Waals surface area contributed by atoms with Gasteiger partial charge < -0.3 is 10.6 Å². The van der Waals surface area contributed by atoms with Crippen molar-refractivity contribution in [2.24, 2.45) is 5.92 Å². The predicted molar refractivity (Wildman–Crippen MR) is 87.0 cm³/mol. The Kier molecular flexibility index (Phi) is 5.61. The standard InChI is InChI=1S/C15H21ClN2OS/c1-18(10-12-9-13(17)2-3-14(12)16)15(19)8-11-4-6-20-7-5-11/h2-3,9,11H,4-8,10,17H2,1H3. The molecule has 0 aliphatic carbocycles. The first kappa shape index (κ1) is 15.5. The number of thioether (sulfide) groups is 1. The summed E-state index contributed by atoms with van der Waals surface area (Å²) < 4.78 is 0. The van der Waals surface area contributed by atoms with E-state index in [2.05, 4.69) is 0 Å². The van der Waals surface area contributed by atoms with E-state index in [1.807, 2.05) is 24.9 Å². The molecule has 1 aromatic rings. The first-order chi connectivity index (χ1) is 9.56. The quantitative estimate of drug-likeness (QED) is 0.867. The van der Waals surface area contributed by atoms with Crippen LogP contribution in [0.5, 0.6) is 0 Å². The highest BCUT2D eigenvalue weighted by molar-refractivity contribution is 7.99. The number of benzene rings is 1. The van der Waals surface area contributed by atoms with Crippen molar-refractivity contribution >= 4 is 35.0 Å². The first-order valence-corrected chi connectivity index (χ1v) is 8.45. The summed E-state index contributed by atoms with van der Waals surface area (Å²) in [6, 6.07) is 5.39. The zero-order valence-corrected chi connectivity index (χ0v) is 13.3.